The van der Waals surface area contributed by atoms with Crippen LogP contribution < -0.4 is 4.74 Å². The van der Waals surface area contributed by atoms with Gasteiger partial charge in [0.25, 0.3) is 0 Å². The first-order chi connectivity index (χ1) is 10.4. The molecule has 22 heavy (non-hydrogen) atoms. The summed E-state index contributed by atoms with van der Waals surface area (Å²) < 4.78 is 5.87. The van der Waals surface area contributed by atoms with Crippen molar-refractivity contribution in [2.45, 2.75) is 33.1 Å². The van der Waals surface area contributed by atoms with E-state index in [4.69, 9.17) is 16.3 Å². The lowest BCUT2D eigenvalue weighted by Gasteiger charge is -2.33. The summed E-state index contributed by atoms with van der Waals surface area (Å²) in [6, 6.07) is 6.13. The van der Waals surface area contributed by atoms with Gasteiger partial charge in [0.1, 0.15) is 12.4 Å². The normalized spacial score (nSPS) is 17.7. The highest BCUT2D eigenvalue weighted by Crippen LogP contribution is 2.31. The van der Waals surface area contributed by atoms with Crippen LogP contribution in [0.3, 0.4) is 0 Å². The van der Waals surface area contributed by atoms with Crippen molar-refractivity contribution in [1.82, 2.24) is 9.80 Å². The van der Waals surface area contributed by atoms with Gasteiger partial charge < -0.3 is 9.64 Å². The van der Waals surface area contributed by atoms with Gasteiger partial charge in [0.05, 0.1) is 5.02 Å². The van der Waals surface area contributed by atoms with Crippen LogP contribution in [-0.2, 0) is 5.41 Å². The van der Waals surface area contributed by atoms with Crippen LogP contribution in [0.2, 0.25) is 5.02 Å². The molecule has 0 N–H and O–H groups in total. The molecule has 0 saturated carbocycles. The summed E-state index contributed by atoms with van der Waals surface area (Å²) in [5, 5.41) is 0.711. The molecule has 4 heteroatoms. The molecule has 0 spiro atoms. The van der Waals surface area contributed by atoms with Gasteiger partial charge in [0.15, 0.2) is 0 Å². The Hall–Kier alpha value is -0.770. The number of hydrogen-bond acceptors (Lipinski definition) is 3. The summed E-state index contributed by atoms with van der Waals surface area (Å²) in [4.78, 5) is 4.95. The molecule has 1 aromatic rings. The topological polar surface area (TPSA) is 15.7 Å². The minimum Gasteiger partial charge on any atom is -0.491 e. The predicted molar refractivity (Wildman–Crippen MR) is 94.2 cm³/mol. The number of halogens is 1. The van der Waals surface area contributed by atoms with Gasteiger partial charge in [-0.25, -0.2) is 0 Å². The molecule has 1 fully saturated rings. The van der Waals surface area contributed by atoms with Crippen LogP contribution in [0.15, 0.2) is 18.2 Å². The number of nitrogens with zero attached hydrogens (tertiary/aromatic N) is 2. The molecule has 0 aromatic heterocycles. The van der Waals surface area contributed by atoms with Gasteiger partial charge in [-0.05, 0) is 29.7 Å². The first-order valence-corrected chi connectivity index (χ1v) is 8.65. The Morgan fingerprint density at radius 1 is 1.09 bits per heavy atom. The van der Waals surface area contributed by atoms with Crippen molar-refractivity contribution in [2.75, 3.05) is 45.9 Å². The van der Waals surface area contributed by atoms with Gasteiger partial charge >= 0.3 is 0 Å². The molecular weight excluding hydrogens is 296 g/mol. The first kappa shape index (κ1) is 17.6. The fourth-order valence-corrected chi connectivity index (χ4v) is 2.93. The van der Waals surface area contributed by atoms with Crippen LogP contribution >= 0.6 is 11.6 Å². The summed E-state index contributed by atoms with van der Waals surface area (Å²) in [5.74, 6) is 0.793. The highest BCUT2D eigenvalue weighted by Gasteiger charge is 2.17. The molecule has 1 aliphatic rings. The molecule has 1 aliphatic heterocycles. The molecule has 124 valence electrons. The van der Waals surface area contributed by atoms with Crippen LogP contribution in [0.1, 0.15) is 33.3 Å². The summed E-state index contributed by atoms with van der Waals surface area (Å²) in [6.07, 6.45) is 0. The van der Waals surface area contributed by atoms with Crippen molar-refractivity contribution in [3.8, 4) is 5.75 Å². The van der Waals surface area contributed by atoms with E-state index in [0.29, 0.717) is 11.6 Å². The average molecular weight is 325 g/mol. The SMILES string of the molecule is CCN1CCN(CCOc2ccc(C(C)(C)C)cc2Cl)CC1. The second kappa shape index (κ2) is 7.67. The molecule has 0 unspecified atom stereocenters. The maximum absolute atomic E-state index is 6.35. The molecule has 3 nitrogen and oxygen atoms in total. The van der Waals surface area contributed by atoms with Crippen LogP contribution in [0.5, 0.6) is 5.75 Å². The Kier molecular flexibility index (Phi) is 6.13. The lowest BCUT2D eigenvalue weighted by atomic mass is 9.87. The van der Waals surface area contributed by atoms with Crippen molar-refractivity contribution in [2.24, 2.45) is 0 Å². The van der Waals surface area contributed by atoms with Gasteiger partial charge in [0, 0.05) is 32.7 Å². The van der Waals surface area contributed by atoms with Crippen molar-refractivity contribution in [1.29, 1.82) is 0 Å². The Balaban J connectivity index is 1.80. The summed E-state index contributed by atoms with van der Waals surface area (Å²) in [5.41, 5.74) is 1.35. The van der Waals surface area contributed by atoms with E-state index in [1.165, 1.54) is 5.56 Å². The van der Waals surface area contributed by atoms with Gasteiger partial charge in [-0.1, -0.05) is 45.4 Å². The standard InChI is InChI=1S/C18H29ClN2O/c1-5-20-8-10-21(11-9-20)12-13-22-17-7-6-15(14-16(17)19)18(2,3)4/h6-7,14H,5,8-13H2,1-4H3. The second-order valence-corrected chi connectivity index (χ2v) is 7.43. The fraction of sp³-hybridized carbons (Fsp3) is 0.667. The smallest absolute Gasteiger partial charge is 0.137 e. The molecule has 0 bridgehead atoms. The maximum atomic E-state index is 6.35. The Bertz CT molecular complexity index is 476. The average Bonchev–Trinajstić information content (AvgIpc) is 2.48. The fourth-order valence-electron chi connectivity index (χ4n) is 2.70. The third kappa shape index (κ3) is 4.87. The third-order valence-corrected chi connectivity index (χ3v) is 4.67. The van der Waals surface area contributed by atoms with Crippen molar-refractivity contribution in [3.05, 3.63) is 28.8 Å². The minimum absolute atomic E-state index is 0.112. The highest BCUT2D eigenvalue weighted by molar-refractivity contribution is 6.32. The Morgan fingerprint density at radius 2 is 1.73 bits per heavy atom. The molecule has 1 saturated heterocycles. The molecule has 0 aliphatic carbocycles. The van der Waals surface area contributed by atoms with Gasteiger partial charge in [0.2, 0.25) is 0 Å². The van der Waals surface area contributed by atoms with Crippen LogP contribution in [0.25, 0.3) is 0 Å². The largest absolute Gasteiger partial charge is 0.491 e. The van der Waals surface area contributed by atoms with Gasteiger partial charge in [-0.15, -0.1) is 0 Å². The second-order valence-electron chi connectivity index (χ2n) is 7.02. The van der Waals surface area contributed by atoms with E-state index in [1.54, 1.807) is 0 Å². The molecule has 2 rings (SSSR count). The molecule has 1 aromatic carbocycles. The first-order valence-electron chi connectivity index (χ1n) is 8.27. The molecular formula is C18H29ClN2O. The quantitative estimate of drug-likeness (QED) is 0.822. The maximum Gasteiger partial charge on any atom is 0.137 e. The number of likely N-dealkylation sites (N-methyl/N-ethyl adjacent to an activating group) is 1. The monoisotopic (exact) mass is 324 g/mol. The van der Waals surface area contributed by atoms with E-state index < -0.39 is 0 Å². The number of piperazine rings is 1. The summed E-state index contributed by atoms with van der Waals surface area (Å²) in [7, 11) is 0. The summed E-state index contributed by atoms with van der Waals surface area (Å²) in [6.45, 7) is 16.2. The van der Waals surface area contributed by atoms with Gasteiger partial charge in [-0.3, -0.25) is 4.90 Å². The number of benzene rings is 1. The molecule has 0 amide bonds. The number of ether oxygens (including phenoxy) is 1. The molecule has 1 heterocycles. The zero-order valence-electron chi connectivity index (χ0n) is 14.4. The van der Waals surface area contributed by atoms with Gasteiger partial charge in [-0.2, -0.15) is 0 Å². The van der Waals surface area contributed by atoms with Crippen molar-refractivity contribution < 1.29 is 4.74 Å². The zero-order valence-corrected chi connectivity index (χ0v) is 15.1. The van der Waals surface area contributed by atoms with Crippen LogP contribution in [-0.4, -0.2) is 55.7 Å². The summed E-state index contributed by atoms with van der Waals surface area (Å²) >= 11 is 6.35. The minimum atomic E-state index is 0.112. The third-order valence-electron chi connectivity index (χ3n) is 4.38. The highest BCUT2D eigenvalue weighted by atomic mass is 35.5. The lowest BCUT2D eigenvalue weighted by Crippen LogP contribution is -2.47. The molecule has 0 atom stereocenters. The van der Waals surface area contributed by atoms with Crippen LogP contribution in [0, 0.1) is 0 Å². The van der Waals surface area contributed by atoms with E-state index in [0.717, 1.165) is 45.0 Å². The van der Waals surface area contributed by atoms with E-state index >= 15 is 0 Å². The van der Waals surface area contributed by atoms with Crippen molar-refractivity contribution >= 4 is 11.6 Å². The van der Waals surface area contributed by atoms with E-state index in [2.05, 4.69) is 43.6 Å². The molecule has 0 radical (unpaired) electrons. The lowest BCUT2D eigenvalue weighted by molar-refractivity contribution is 0.121. The number of rotatable bonds is 5. The Labute approximate surface area is 140 Å². The van der Waals surface area contributed by atoms with Crippen molar-refractivity contribution in [3.63, 3.8) is 0 Å². The predicted octanol–water partition coefficient (Wildman–Crippen LogP) is 3.65. The van der Waals surface area contributed by atoms with E-state index in [9.17, 15) is 0 Å². The Morgan fingerprint density at radius 3 is 2.27 bits per heavy atom. The van der Waals surface area contributed by atoms with Crippen LogP contribution in [0.4, 0.5) is 0 Å². The number of hydrogen-bond donors (Lipinski definition) is 0. The van der Waals surface area contributed by atoms with E-state index in [-0.39, 0.29) is 5.41 Å². The van der Waals surface area contributed by atoms with E-state index in [1.807, 2.05) is 12.1 Å². The zero-order chi connectivity index (χ0) is 16.2.